The number of esters is 1. The average molecular weight is 376 g/mol. The number of amides is 1. The van der Waals surface area contributed by atoms with Gasteiger partial charge in [0.2, 0.25) is 5.91 Å². The number of thioether (sulfide) groups is 1. The number of nitrogens with zero attached hydrogens (tertiary/aromatic N) is 3. The quantitative estimate of drug-likeness (QED) is 0.563. The molecule has 1 heterocycles. The molecular formula is C18H24N4O3S. The molecule has 0 aliphatic carbocycles. The van der Waals surface area contributed by atoms with Gasteiger partial charge >= 0.3 is 5.97 Å². The van der Waals surface area contributed by atoms with Crippen molar-refractivity contribution in [2.75, 3.05) is 11.9 Å². The highest BCUT2D eigenvalue weighted by atomic mass is 32.2. The number of hydrogen-bond donors (Lipinski definition) is 1. The number of aryl methyl sites for hydroxylation is 1. The van der Waals surface area contributed by atoms with Crippen LogP contribution in [0.3, 0.4) is 0 Å². The highest BCUT2D eigenvalue weighted by molar-refractivity contribution is 8.00. The summed E-state index contributed by atoms with van der Waals surface area (Å²) in [6, 6.07) is 7.79. The molecular weight excluding hydrogens is 352 g/mol. The van der Waals surface area contributed by atoms with E-state index in [1.54, 1.807) is 25.5 Å². The number of anilines is 1. The van der Waals surface area contributed by atoms with Gasteiger partial charge in [-0.1, -0.05) is 30.8 Å². The summed E-state index contributed by atoms with van der Waals surface area (Å²) in [4.78, 5) is 24.0. The fourth-order valence-corrected chi connectivity index (χ4v) is 3.06. The van der Waals surface area contributed by atoms with E-state index in [9.17, 15) is 9.59 Å². The standard InChI is InChI=1S/C18H24N4O3S/c1-5-13-7-9-14(10-8-13)19-17(24)12(3)26-18-21-20-15(22(18)4)11-16(23)25-6-2/h7-10,12H,5-6,11H2,1-4H3,(H,19,24)/t12-/m0/s1. The normalized spacial score (nSPS) is 11.8. The fraction of sp³-hybridized carbons (Fsp3) is 0.444. The van der Waals surface area contributed by atoms with E-state index >= 15 is 0 Å². The Labute approximate surface area is 157 Å². The van der Waals surface area contributed by atoms with Crippen molar-refractivity contribution in [1.29, 1.82) is 0 Å². The summed E-state index contributed by atoms with van der Waals surface area (Å²) in [5.41, 5.74) is 1.99. The van der Waals surface area contributed by atoms with Gasteiger partial charge < -0.3 is 14.6 Å². The molecule has 8 heteroatoms. The summed E-state index contributed by atoms with van der Waals surface area (Å²) >= 11 is 1.29. The van der Waals surface area contributed by atoms with E-state index in [1.807, 2.05) is 24.3 Å². The van der Waals surface area contributed by atoms with Gasteiger partial charge in [-0.2, -0.15) is 0 Å². The van der Waals surface area contributed by atoms with Crippen LogP contribution in [0.2, 0.25) is 0 Å². The first kappa shape index (κ1) is 20.0. The molecule has 0 fully saturated rings. The zero-order chi connectivity index (χ0) is 19.1. The van der Waals surface area contributed by atoms with E-state index in [2.05, 4.69) is 22.4 Å². The molecule has 26 heavy (non-hydrogen) atoms. The molecule has 1 aromatic heterocycles. The van der Waals surface area contributed by atoms with Crippen LogP contribution >= 0.6 is 11.8 Å². The average Bonchev–Trinajstić information content (AvgIpc) is 2.95. The first-order valence-corrected chi connectivity index (χ1v) is 9.42. The minimum atomic E-state index is -0.362. The van der Waals surface area contributed by atoms with Gasteiger partial charge in [0, 0.05) is 12.7 Å². The molecule has 1 N–H and O–H groups in total. The van der Waals surface area contributed by atoms with Gasteiger partial charge in [0.25, 0.3) is 0 Å². The second kappa shape index (κ2) is 9.38. The van der Waals surface area contributed by atoms with Crippen molar-refractivity contribution in [3.63, 3.8) is 0 Å². The number of aromatic nitrogens is 3. The monoisotopic (exact) mass is 376 g/mol. The summed E-state index contributed by atoms with van der Waals surface area (Å²) in [6.45, 7) is 5.98. The second-order valence-electron chi connectivity index (χ2n) is 5.74. The lowest BCUT2D eigenvalue weighted by Crippen LogP contribution is -2.22. The lowest BCUT2D eigenvalue weighted by atomic mass is 10.1. The van der Waals surface area contributed by atoms with E-state index in [0.29, 0.717) is 17.6 Å². The molecule has 0 aliphatic rings. The fourth-order valence-electron chi connectivity index (χ4n) is 2.22. The van der Waals surface area contributed by atoms with Crippen LogP contribution in [0.4, 0.5) is 5.69 Å². The molecule has 2 aromatic rings. The predicted molar refractivity (Wildman–Crippen MR) is 101 cm³/mol. The third kappa shape index (κ3) is 5.32. The van der Waals surface area contributed by atoms with Crippen molar-refractivity contribution in [1.82, 2.24) is 14.8 Å². The summed E-state index contributed by atoms with van der Waals surface area (Å²) in [7, 11) is 1.77. The molecule has 0 aliphatic heterocycles. The molecule has 140 valence electrons. The zero-order valence-corrected chi connectivity index (χ0v) is 16.3. The van der Waals surface area contributed by atoms with E-state index in [1.165, 1.54) is 17.3 Å². The summed E-state index contributed by atoms with van der Waals surface area (Å²) in [5.74, 6) is 0.0452. The van der Waals surface area contributed by atoms with Crippen molar-refractivity contribution in [3.8, 4) is 0 Å². The molecule has 2 rings (SSSR count). The number of carbonyl (C=O) groups excluding carboxylic acids is 2. The van der Waals surface area contributed by atoms with Crippen LogP contribution in [0.15, 0.2) is 29.4 Å². The first-order chi connectivity index (χ1) is 12.4. The molecule has 0 bridgehead atoms. The highest BCUT2D eigenvalue weighted by Crippen LogP contribution is 2.23. The molecule has 0 radical (unpaired) electrons. The van der Waals surface area contributed by atoms with Crippen molar-refractivity contribution >= 4 is 29.3 Å². The van der Waals surface area contributed by atoms with Crippen molar-refractivity contribution in [2.45, 2.75) is 44.0 Å². The van der Waals surface area contributed by atoms with Crippen molar-refractivity contribution in [2.24, 2.45) is 7.05 Å². The second-order valence-corrected chi connectivity index (χ2v) is 7.05. The van der Waals surface area contributed by atoms with E-state index < -0.39 is 0 Å². The minimum Gasteiger partial charge on any atom is -0.466 e. The smallest absolute Gasteiger partial charge is 0.313 e. The van der Waals surface area contributed by atoms with Crippen LogP contribution in [-0.2, 0) is 34.2 Å². The van der Waals surface area contributed by atoms with Crippen LogP contribution in [-0.4, -0.2) is 38.5 Å². The molecule has 0 saturated carbocycles. The number of ether oxygens (including phenoxy) is 1. The van der Waals surface area contributed by atoms with E-state index in [-0.39, 0.29) is 23.5 Å². The van der Waals surface area contributed by atoms with E-state index in [4.69, 9.17) is 4.74 Å². The van der Waals surface area contributed by atoms with E-state index in [0.717, 1.165) is 12.1 Å². The Morgan fingerprint density at radius 1 is 1.23 bits per heavy atom. The van der Waals surface area contributed by atoms with Gasteiger partial charge in [0.15, 0.2) is 5.16 Å². The molecule has 1 amide bonds. The Balaban J connectivity index is 1.95. The highest BCUT2D eigenvalue weighted by Gasteiger charge is 2.20. The molecule has 7 nitrogen and oxygen atoms in total. The number of rotatable bonds is 8. The summed E-state index contributed by atoms with van der Waals surface area (Å²) in [5, 5.41) is 11.2. The third-order valence-electron chi connectivity index (χ3n) is 3.81. The lowest BCUT2D eigenvalue weighted by molar-refractivity contribution is -0.142. The number of benzene rings is 1. The van der Waals surface area contributed by atoms with Gasteiger partial charge in [-0.05, 0) is 38.0 Å². The molecule has 1 atom stereocenters. The Bertz CT molecular complexity index is 758. The Morgan fingerprint density at radius 3 is 2.54 bits per heavy atom. The summed E-state index contributed by atoms with van der Waals surface area (Å²) in [6.07, 6.45) is 1.02. The predicted octanol–water partition coefficient (Wildman–Crippen LogP) is 2.60. The third-order valence-corrected chi connectivity index (χ3v) is 4.95. The Kier molecular flexibility index (Phi) is 7.20. The van der Waals surface area contributed by atoms with Gasteiger partial charge in [-0.15, -0.1) is 10.2 Å². The SMILES string of the molecule is CCOC(=O)Cc1nnc(S[C@@H](C)C(=O)Nc2ccc(CC)cc2)n1C. The molecule has 0 spiro atoms. The Hall–Kier alpha value is -2.35. The maximum atomic E-state index is 12.4. The van der Waals surface area contributed by atoms with Crippen LogP contribution in [0.25, 0.3) is 0 Å². The molecule has 0 unspecified atom stereocenters. The van der Waals surface area contributed by atoms with Gasteiger partial charge in [0.05, 0.1) is 11.9 Å². The summed E-state index contributed by atoms with van der Waals surface area (Å²) < 4.78 is 6.63. The van der Waals surface area contributed by atoms with Crippen molar-refractivity contribution < 1.29 is 14.3 Å². The number of nitrogens with one attached hydrogen (secondary N) is 1. The lowest BCUT2D eigenvalue weighted by Gasteiger charge is -2.12. The zero-order valence-electron chi connectivity index (χ0n) is 15.5. The maximum absolute atomic E-state index is 12.4. The van der Waals surface area contributed by atoms with Crippen LogP contribution in [0.5, 0.6) is 0 Å². The maximum Gasteiger partial charge on any atom is 0.313 e. The Morgan fingerprint density at radius 2 is 1.92 bits per heavy atom. The van der Waals surface area contributed by atoms with Crippen LogP contribution in [0.1, 0.15) is 32.2 Å². The molecule has 0 saturated heterocycles. The minimum absolute atomic E-state index is 0.0578. The van der Waals surface area contributed by atoms with Crippen molar-refractivity contribution in [3.05, 3.63) is 35.7 Å². The largest absolute Gasteiger partial charge is 0.466 e. The topological polar surface area (TPSA) is 86.1 Å². The number of hydrogen-bond acceptors (Lipinski definition) is 6. The first-order valence-electron chi connectivity index (χ1n) is 8.54. The van der Waals surface area contributed by atoms with Gasteiger partial charge in [0.1, 0.15) is 12.2 Å². The van der Waals surface area contributed by atoms with Gasteiger partial charge in [-0.25, -0.2) is 0 Å². The van der Waals surface area contributed by atoms with Crippen LogP contribution in [0, 0.1) is 0 Å². The van der Waals surface area contributed by atoms with Crippen LogP contribution < -0.4 is 5.32 Å². The van der Waals surface area contributed by atoms with Gasteiger partial charge in [-0.3, -0.25) is 9.59 Å². The molecule has 1 aromatic carbocycles. The number of carbonyl (C=O) groups is 2.